The first-order valence-corrected chi connectivity index (χ1v) is 12.2. The molecule has 0 radical (unpaired) electrons. The minimum absolute atomic E-state index is 0.0355. The van der Waals surface area contributed by atoms with Gasteiger partial charge in [-0.05, 0) is 69.7 Å². The zero-order valence-corrected chi connectivity index (χ0v) is 20.0. The van der Waals surface area contributed by atoms with Crippen LogP contribution in [-0.2, 0) is 9.53 Å². The maximum Gasteiger partial charge on any atom is 0.255 e. The molecule has 0 bridgehead atoms. The van der Waals surface area contributed by atoms with Crippen LogP contribution in [0.3, 0.4) is 0 Å². The van der Waals surface area contributed by atoms with Gasteiger partial charge < -0.3 is 10.1 Å². The first-order chi connectivity index (χ1) is 16.5. The highest BCUT2D eigenvalue weighted by atomic mass is 35.5. The van der Waals surface area contributed by atoms with Gasteiger partial charge in [-0.25, -0.2) is 9.97 Å². The summed E-state index contributed by atoms with van der Waals surface area (Å²) >= 11 is 6.12. The largest absolute Gasteiger partial charge is 0.373 e. The predicted molar refractivity (Wildman–Crippen MR) is 129 cm³/mol. The second kappa shape index (κ2) is 8.36. The molecule has 1 saturated carbocycles. The number of hydrogen-bond acceptors (Lipinski definition) is 6. The molecule has 34 heavy (non-hydrogen) atoms. The van der Waals surface area contributed by atoms with Crippen molar-refractivity contribution in [2.24, 2.45) is 5.92 Å². The number of benzene rings is 1. The number of aryl methyl sites for hydroxylation is 2. The zero-order chi connectivity index (χ0) is 23.4. The van der Waals surface area contributed by atoms with Crippen LogP contribution in [0, 0.1) is 19.8 Å². The third-order valence-corrected chi connectivity index (χ3v) is 7.33. The summed E-state index contributed by atoms with van der Waals surface area (Å²) in [6, 6.07) is 7.38. The van der Waals surface area contributed by atoms with E-state index in [4.69, 9.17) is 26.3 Å². The maximum atomic E-state index is 13.9. The standard InChI is InChI=1S/C25H27ClN6O2/c1-14-15(2)29-24-23(28-14)30-22(25(33)32(24)20-5-3-18(26)4-6-20)16-9-10-34-21(11-16)17-12-27-31(13-17)19-7-8-19/h3-6,12-13,16,19,21-22H,7-11H2,1-2H3,(H,28,30)/t16-,21+,22?/m0/s1. The summed E-state index contributed by atoms with van der Waals surface area (Å²) in [5, 5.41) is 8.58. The Morgan fingerprint density at radius 3 is 2.62 bits per heavy atom. The van der Waals surface area contributed by atoms with Crippen LogP contribution in [0.25, 0.3) is 0 Å². The number of aromatic nitrogens is 4. The molecule has 1 unspecified atom stereocenters. The van der Waals surface area contributed by atoms with Crippen LogP contribution in [0.15, 0.2) is 36.7 Å². The lowest BCUT2D eigenvalue weighted by Crippen LogP contribution is -2.50. The highest BCUT2D eigenvalue weighted by Gasteiger charge is 2.42. The summed E-state index contributed by atoms with van der Waals surface area (Å²) in [6.07, 6.45) is 7.85. The molecule has 2 aliphatic heterocycles. The van der Waals surface area contributed by atoms with Gasteiger partial charge in [-0.1, -0.05) is 11.6 Å². The molecule has 1 aliphatic carbocycles. The van der Waals surface area contributed by atoms with Gasteiger partial charge in [0.05, 0.1) is 35.4 Å². The van der Waals surface area contributed by atoms with Gasteiger partial charge in [-0.15, -0.1) is 0 Å². The minimum Gasteiger partial charge on any atom is -0.373 e. The quantitative estimate of drug-likeness (QED) is 0.573. The number of hydrogen-bond donors (Lipinski definition) is 1. The van der Waals surface area contributed by atoms with E-state index in [-0.39, 0.29) is 17.9 Å². The number of ether oxygens (including phenoxy) is 1. The minimum atomic E-state index is -0.426. The normalized spacial score (nSPS) is 24.6. The fourth-order valence-corrected chi connectivity index (χ4v) is 5.00. The number of amides is 1. The van der Waals surface area contributed by atoms with Gasteiger partial charge in [-0.3, -0.25) is 14.4 Å². The summed E-state index contributed by atoms with van der Waals surface area (Å²) in [6.45, 7) is 4.44. The van der Waals surface area contributed by atoms with Crippen LogP contribution in [0.5, 0.6) is 0 Å². The first kappa shape index (κ1) is 21.6. The van der Waals surface area contributed by atoms with Crippen molar-refractivity contribution in [1.29, 1.82) is 0 Å². The number of anilines is 3. The molecule has 1 saturated heterocycles. The van der Waals surface area contributed by atoms with E-state index in [1.54, 1.807) is 17.0 Å². The van der Waals surface area contributed by atoms with Crippen molar-refractivity contribution in [3.05, 3.63) is 58.6 Å². The molecule has 176 valence electrons. The predicted octanol–water partition coefficient (Wildman–Crippen LogP) is 4.90. The Bertz CT molecular complexity index is 1240. The molecule has 6 rings (SSSR count). The molecule has 2 aromatic heterocycles. The number of nitrogens with one attached hydrogen (secondary N) is 1. The fraction of sp³-hybridized carbons (Fsp3) is 0.440. The van der Waals surface area contributed by atoms with E-state index in [1.165, 1.54) is 12.8 Å². The Morgan fingerprint density at radius 2 is 1.85 bits per heavy atom. The van der Waals surface area contributed by atoms with Crippen molar-refractivity contribution in [1.82, 2.24) is 19.7 Å². The Balaban J connectivity index is 1.32. The number of carbonyl (C=O) groups excluding carboxylic acids is 1. The fourth-order valence-electron chi connectivity index (χ4n) is 4.87. The van der Waals surface area contributed by atoms with E-state index in [0.717, 1.165) is 35.5 Å². The summed E-state index contributed by atoms with van der Waals surface area (Å²) in [5.74, 6) is 1.21. The van der Waals surface area contributed by atoms with Crippen molar-refractivity contribution >= 4 is 34.8 Å². The topological polar surface area (TPSA) is 85.2 Å². The van der Waals surface area contributed by atoms with Gasteiger partial charge in [0, 0.05) is 23.4 Å². The second-order valence-electron chi connectivity index (χ2n) is 9.47. The molecule has 2 fully saturated rings. The number of nitrogens with zero attached hydrogens (tertiary/aromatic N) is 5. The monoisotopic (exact) mass is 478 g/mol. The molecule has 1 amide bonds. The van der Waals surface area contributed by atoms with Crippen LogP contribution in [0.1, 0.15) is 54.8 Å². The van der Waals surface area contributed by atoms with Crippen molar-refractivity contribution in [3.8, 4) is 0 Å². The molecule has 3 aromatic rings. The van der Waals surface area contributed by atoms with Gasteiger partial charge in [0.25, 0.3) is 5.91 Å². The molecule has 1 N–H and O–H groups in total. The van der Waals surface area contributed by atoms with Crippen LogP contribution in [0.2, 0.25) is 5.02 Å². The van der Waals surface area contributed by atoms with E-state index >= 15 is 0 Å². The van der Waals surface area contributed by atoms with Crippen molar-refractivity contribution in [2.45, 2.75) is 57.7 Å². The third kappa shape index (κ3) is 3.84. The number of halogens is 1. The van der Waals surface area contributed by atoms with E-state index < -0.39 is 6.04 Å². The molecule has 0 spiro atoms. The second-order valence-corrected chi connectivity index (χ2v) is 9.90. The van der Waals surface area contributed by atoms with Crippen LogP contribution >= 0.6 is 11.6 Å². The van der Waals surface area contributed by atoms with Crippen LogP contribution in [0.4, 0.5) is 17.3 Å². The Labute approximate surface area is 203 Å². The summed E-state index contributed by atoms with van der Waals surface area (Å²) in [4.78, 5) is 25.1. The van der Waals surface area contributed by atoms with Gasteiger partial charge in [-0.2, -0.15) is 5.10 Å². The summed E-state index contributed by atoms with van der Waals surface area (Å²) in [5.41, 5.74) is 3.45. The molecule has 9 heteroatoms. The Hall–Kier alpha value is -2.97. The van der Waals surface area contributed by atoms with Gasteiger partial charge in [0.1, 0.15) is 6.04 Å². The van der Waals surface area contributed by atoms with Crippen LogP contribution < -0.4 is 10.2 Å². The van der Waals surface area contributed by atoms with Crippen molar-refractivity contribution in [3.63, 3.8) is 0 Å². The highest BCUT2D eigenvalue weighted by molar-refractivity contribution is 6.30. The first-order valence-electron chi connectivity index (χ1n) is 11.8. The summed E-state index contributed by atoms with van der Waals surface area (Å²) < 4.78 is 8.16. The molecule has 1 aromatic carbocycles. The van der Waals surface area contributed by atoms with Gasteiger partial charge in [0.2, 0.25) is 0 Å². The van der Waals surface area contributed by atoms with E-state index in [9.17, 15) is 4.79 Å². The van der Waals surface area contributed by atoms with Crippen LogP contribution in [-0.4, -0.2) is 38.3 Å². The van der Waals surface area contributed by atoms with E-state index in [1.807, 2.05) is 36.9 Å². The third-order valence-electron chi connectivity index (χ3n) is 7.07. The van der Waals surface area contributed by atoms with Crippen molar-refractivity contribution < 1.29 is 9.53 Å². The number of fused-ring (bicyclic) bond motifs is 1. The van der Waals surface area contributed by atoms with E-state index in [2.05, 4.69) is 16.6 Å². The van der Waals surface area contributed by atoms with E-state index in [0.29, 0.717) is 29.3 Å². The Kier molecular flexibility index (Phi) is 5.30. The Morgan fingerprint density at radius 1 is 1.09 bits per heavy atom. The lowest BCUT2D eigenvalue weighted by molar-refractivity contribution is -0.121. The highest BCUT2D eigenvalue weighted by Crippen LogP contribution is 2.41. The van der Waals surface area contributed by atoms with Gasteiger partial charge >= 0.3 is 0 Å². The maximum absolute atomic E-state index is 13.9. The molecular weight excluding hydrogens is 452 g/mol. The molecule has 8 nitrogen and oxygen atoms in total. The number of carbonyl (C=O) groups is 1. The smallest absolute Gasteiger partial charge is 0.255 e. The molecular formula is C25H27ClN6O2. The lowest BCUT2D eigenvalue weighted by atomic mass is 9.85. The SMILES string of the molecule is Cc1nc2c(nc1C)N(c1ccc(Cl)cc1)C(=O)C([C@H]1CCO[C@@H](c3cnn(C4CC4)c3)C1)N2. The zero-order valence-electron chi connectivity index (χ0n) is 19.2. The number of rotatable bonds is 4. The molecule has 3 aliphatic rings. The average Bonchev–Trinajstić information content (AvgIpc) is 3.57. The van der Waals surface area contributed by atoms with Crippen molar-refractivity contribution in [2.75, 3.05) is 16.8 Å². The molecule has 4 heterocycles. The summed E-state index contributed by atoms with van der Waals surface area (Å²) in [7, 11) is 0. The average molecular weight is 479 g/mol. The molecule has 3 atom stereocenters. The van der Waals surface area contributed by atoms with Gasteiger partial charge in [0.15, 0.2) is 11.6 Å². The lowest BCUT2D eigenvalue weighted by Gasteiger charge is -2.40.